The van der Waals surface area contributed by atoms with Crippen LogP contribution < -0.4 is 0 Å². The lowest BCUT2D eigenvalue weighted by Gasteiger charge is -2.20. The number of hydrogen-bond donors (Lipinski definition) is 0. The zero-order chi connectivity index (χ0) is 12.3. The highest BCUT2D eigenvalue weighted by molar-refractivity contribution is 7.89. The third kappa shape index (κ3) is 2.86. The molecule has 4 nitrogen and oxygen atoms in total. The standard InChI is InChI=1S/C12H17NO3S/c1-13(10-11-6-5-9-16-11)17(14,15)12-7-3-2-4-8-12/h2-4,7-8,11H,5-6,9-10H2,1H3. The molecule has 0 aliphatic carbocycles. The van der Waals surface area contributed by atoms with Gasteiger partial charge in [0.15, 0.2) is 0 Å². The van der Waals surface area contributed by atoms with Gasteiger partial charge >= 0.3 is 0 Å². The Balaban J connectivity index is 2.09. The van der Waals surface area contributed by atoms with Crippen molar-refractivity contribution in [2.75, 3.05) is 20.2 Å². The fraction of sp³-hybridized carbons (Fsp3) is 0.500. The van der Waals surface area contributed by atoms with Crippen molar-refractivity contribution in [3.63, 3.8) is 0 Å². The molecule has 0 spiro atoms. The average Bonchev–Trinajstić information content (AvgIpc) is 2.83. The van der Waals surface area contributed by atoms with E-state index >= 15 is 0 Å². The maximum atomic E-state index is 12.2. The fourth-order valence-corrected chi connectivity index (χ4v) is 3.17. The number of hydrogen-bond acceptors (Lipinski definition) is 3. The minimum absolute atomic E-state index is 0.0403. The molecule has 94 valence electrons. The molecule has 5 heteroatoms. The molecule has 0 amide bonds. The molecule has 2 rings (SSSR count). The predicted molar refractivity (Wildman–Crippen MR) is 65.2 cm³/mol. The van der Waals surface area contributed by atoms with Crippen LogP contribution in [-0.2, 0) is 14.8 Å². The van der Waals surface area contributed by atoms with E-state index in [0.29, 0.717) is 11.4 Å². The summed E-state index contributed by atoms with van der Waals surface area (Å²) in [5.74, 6) is 0. The van der Waals surface area contributed by atoms with Gasteiger partial charge in [-0.2, -0.15) is 4.31 Å². The zero-order valence-corrected chi connectivity index (χ0v) is 10.7. The van der Waals surface area contributed by atoms with Crippen LogP contribution in [-0.4, -0.2) is 39.0 Å². The molecule has 0 aromatic heterocycles. The molecule has 0 bridgehead atoms. The molecular formula is C12H17NO3S. The molecule has 1 saturated heterocycles. The van der Waals surface area contributed by atoms with Gasteiger partial charge in [-0.05, 0) is 25.0 Å². The normalized spacial score (nSPS) is 20.9. The van der Waals surface area contributed by atoms with Crippen molar-refractivity contribution in [3.05, 3.63) is 30.3 Å². The van der Waals surface area contributed by atoms with Gasteiger partial charge in [-0.15, -0.1) is 0 Å². The zero-order valence-electron chi connectivity index (χ0n) is 9.87. The molecule has 0 saturated carbocycles. The number of sulfonamides is 1. The Labute approximate surface area is 102 Å². The van der Waals surface area contributed by atoms with E-state index in [1.54, 1.807) is 37.4 Å². The van der Waals surface area contributed by atoms with Crippen molar-refractivity contribution in [1.82, 2.24) is 4.31 Å². The molecular weight excluding hydrogens is 238 g/mol. The van der Waals surface area contributed by atoms with Crippen LogP contribution in [0.3, 0.4) is 0 Å². The van der Waals surface area contributed by atoms with E-state index in [1.165, 1.54) is 4.31 Å². The summed E-state index contributed by atoms with van der Waals surface area (Å²) in [7, 11) is -1.77. The highest BCUT2D eigenvalue weighted by Gasteiger charge is 2.25. The third-order valence-electron chi connectivity index (χ3n) is 2.94. The Morgan fingerprint density at radius 1 is 1.35 bits per heavy atom. The van der Waals surface area contributed by atoms with Crippen molar-refractivity contribution in [2.45, 2.75) is 23.8 Å². The average molecular weight is 255 g/mol. The van der Waals surface area contributed by atoms with E-state index in [-0.39, 0.29) is 6.10 Å². The molecule has 1 unspecified atom stereocenters. The maximum absolute atomic E-state index is 12.2. The van der Waals surface area contributed by atoms with Crippen LogP contribution in [0.2, 0.25) is 0 Å². The first kappa shape index (κ1) is 12.5. The summed E-state index contributed by atoms with van der Waals surface area (Å²) in [6.45, 7) is 1.17. The molecule has 1 aromatic rings. The molecule has 0 radical (unpaired) electrons. The summed E-state index contributed by atoms with van der Waals surface area (Å²) in [5, 5.41) is 0. The molecule has 1 heterocycles. The summed E-state index contributed by atoms with van der Waals surface area (Å²) in [5.41, 5.74) is 0. The second-order valence-electron chi connectivity index (χ2n) is 4.23. The molecule has 1 atom stereocenters. The Hall–Kier alpha value is -0.910. The lowest BCUT2D eigenvalue weighted by molar-refractivity contribution is 0.0979. The van der Waals surface area contributed by atoms with Gasteiger partial charge in [0.05, 0.1) is 11.0 Å². The first-order valence-electron chi connectivity index (χ1n) is 5.74. The number of benzene rings is 1. The first-order valence-corrected chi connectivity index (χ1v) is 7.18. The van der Waals surface area contributed by atoms with E-state index in [4.69, 9.17) is 4.74 Å². The fourth-order valence-electron chi connectivity index (χ4n) is 1.95. The van der Waals surface area contributed by atoms with Crippen molar-refractivity contribution in [1.29, 1.82) is 0 Å². The summed E-state index contributed by atoms with van der Waals surface area (Å²) in [6, 6.07) is 8.49. The van der Waals surface area contributed by atoms with Gasteiger partial charge in [0.1, 0.15) is 0 Å². The molecule has 17 heavy (non-hydrogen) atoms. The van der Waals surface area contributed by atoms with Gasteiger partial charge < -0.3 is 4.74 Å². The SMILES string of the molecule is CN(CC1CCCO1)S(=O)(=O)c1ccccc1. The third-order valence-corrected chi connectivity index (χ3v) is 4.77. The minimum atomic E-state index is -3.37. The van der Waals surface area contributed by atoms with Crippen LogP contribution in [0, 0.1) is 0 Å². The Morgan fingerprint density at radius 3 is 2.65 bits per heavy atom. The number of likely N-dealkylation sites (N-methyl/N-ethyl adjacent to an activating group) is 1. The van der Waals surface area contributed by atoms with E-state index < -0.39 is 10.0 Å². The van der Waals surface area contributed by atoms with Crippen molar-refractivity contribution < 1.29 is 13.2 Å². The summed E-state index contributed by atoms with van der Waals surface area (Å²) >= 11 is 0. The number of rotatable bonds is 4. The molecule has 1 aromatic carbocycles. The summed E-state index contributed by atoms with van der Waals surface area (Å²) in [4.78, 5) is 0.334. The van der Waals surface area contributed by atoms with Gasteiger partial charge in [-0.1, -0.05) is 18.2 Å². The topological polar surface area (TPSA) is 46.6 Å². The quantitative estimate of drug-likeness (QED) is 0.819. The molecule has 0 N–H and O–H groups in total. The second-order valence-corrected chi connectivity index (χ2v) is 6.28. The molecule has 1 aliphatic rings. The largest absolute Gasteiger partial charge is 0.377 e. The van der Waals surface area contributed by atoms with Crippen molar-refractivity contribution in [2.24, 2.45) is 0 Å². The van der Waals surface area contributed by atoms with Gasteiger partial charge in [0.25, 0.3) is 0 Å². The van der Waals surface area contributed by atoms with Crippen molar-refractivity contribution in [3.8, 4) is 0 Å². The highest BCUT2D eigenvalue weighted by Crippen LogP contribution is 2.18. The highest BCUT2D eigenvalue weighted by atomic mass is 32.2. The van der Waals surface area contributed by atoms with Crippen LogP contribution in [0.5, 0.6) is 0 Å². The monoisotopic (exact) mass is 255 g/mol. The molecule has 1 aliphatic heterocycles. The van der Waals surface area contributed by atoms with Gasteiger partial charge in [-0.3, -0.25) is 0 Å². The lowest BCUT2D eigenvalue weighted by Crippen LogP contribution is -2.34. The van der Waals surface area contributed by atoms with Gasteiger partial charge in [0, 0.05) is 20.2 Å². The number of nitrogens with zero attached hydrogens (tertiary/aromatic N) is 1. The van der Waals surface area contributed by atoms with Gasteiger partial charge in [-0.25, -0.2) is 8.42 Å². The van der Waals surface area contributed by atoms with Crippen LogP contribution in [0.4, 0.5) is 0 Å². The minimum Gasteiger partial charge on any atom is -0.377 e. The van der Waals surface area contributed by atoms with E-state index in [2.05, 4.69) is 0 Å². The van der Waals surface area contributed by atoms with E-state index in [9.17, 15) is 8.42 Å². The maximum Gasteiger partial charge on any atom is 0.242 e. The first-order chi connectivity index (χ1) is 8.10. The molecule has 1 fully saturated rings. The Kier molecular flexibility index (Phi) is 3.81. The Morgan fingerprint density at radius 2 is 2.06 bits per heavy atom. The predicted octanol–water partition coefficient (Wildman–Crippen LogP) is 1.49. The van der Waals surface area contributed by atoms with Crippen LogP contribution in [0.25, 0.3) is 0 Å². The smallest absolute Gasteiger partial charge is 0.242 e. The van der Waals surface area contributed by atoms with Crippen LogP contribution in [0.15, 0.2) is 35.2 Å². The van der Waals surface area contributed by atoms with E-state index in [1.807, 2.05) is 0 Å². The van der Waals surface area contributed by atoms with Crippen LogP contribution >= 0.6 is 0 Å². The Bertz CT molecular complexity index is 452. The van der Waals surface area contributed by atoms with Crippen LogP contribution in [0.1, 0.15) is 12.8 Å². The second kappa shape index (κ2) is 5.16. The summed E-state index contributed by atoms with van der Waals surface area (Å²) in [6.07, 6.45) is 2.00. The number of ether oxygens (including phenoxy) is 1. The summed E-state index contributed by atoms with van der Waals surface area (Å²) < 4.78 is 31.2. The lowest BCUT2D eigenvalue weighted by atomic mass is 10.2. The van der Waals surface area contributed by atoms with Gasteiger partial charge in [0.2, 0.25) is 10.0 Å². The van der Waals surface area contributed by atoms with E-state index in [0.717, 1.165) is 19.4 Å². The van der Waals surface area contributed by atoms with Crippen molar-refractivity contribution >= 4 is 10.0 Å².